The van der Waals surface area contributed by atoms with Gasteiger partial charge in [0.2, 0.25) is 11.8 Å². The summed E-state index contributed by atoms with van der Waals surface area (Å²) in [6, 6.07) is 0. The summed E-state index contributed by atoms with van der Waals surface area (Å²) in [6.45, 7) is 4.27. The van der Waals surface area contributed by atoms with Crippen LogP contribution in [0.5, 0.6) is 0 Å². The zero-order valence-electron chi connectivity index (χ0n) is 13.0. The molecule has 0 atom stereocenters. The lowest BCUT2D eigenvalue weighted by molar-refractivity contribution is -0.132. The molecule has 0 saturated heterocycles. The van der Waals surface area contributed by atoms with Crippen LogP contribution in [0.3, 0.4) is 0 Å². The molecule has 1 aliphatic carbocycles. The predicted octanol–water partition coefficient (Wildman–Crippen LogP) is 3.32. The first-order valence-electron chi connectivity index (χ1n) is 8.26. The van der Waals surface area contributed by atoms with Gasteiger partial charge in [-0.25, -0.2) is 0 Å². The Morgan fingerprint density at radius 2 is 1.60 bits per heavy atom. The van der Waals surface area contributed by atoms with Gasteiger partial charge in [-0.3, -0.25) is 20.4 Å². The molecule has 4 nitrogen and oxygen atoms in total. The Labute approximate surface area is 123 Å². The number of hydrogen-bond acceptors (Lipinski definition) is 2. The van der Waals surface area contributed by atoms with Crippen molar-refractivity contribution in [1.82, 2.24) is 10.9 Å². The smallest absolute Gasteiger partial charge is 0.241 e. The zero-order chi connectivity index (χ0) is 14.8. The van der Waals surface area contributed by atoms with Crippen LogP contribution >= 0.6 is 0 Å². The van der Waals surface area contributed by atoms with Crippen molar-refractivity contribution in [3.05, 3.63) is 0 Å². The lowest BCUT2D eigenvalue weighted by Crippen LogP contribution is -2.45. The van der Waals surface area contributed by atoms with Crippen LogP contribution in [0.2, 0.25) is 0 Å². The highest BCUT2D eigenvalue weighted by Crippen LogP contribution is 2.31. The molecule has 1 aliphatic rings. The molecule has 0 aliphatic heterocycles. The Kier molecular flexibility index (Phi) is 8.31. The van der Waals surface area contributed by atoms with E-state index in [1.165, 1.54) is 19.3 Å². The highest BCUT2D eigenvalue weighted by Gasteiger charge is 2.26. The molecule has 1 saturated carbocycles. The molecule has 0 aromatic rings. The number of hydrazine groups is 1. The maximum atomic E-state index is 12.0. The molecule has 0 heterocycles. The molecule has 0 radical (unpaired) electrons. The first-order chi connectivity index (χ1) is 9.67. The predicted molar refractivity (Wildman–Crippen MR) is 80.8 cm³/mol. The number of carbonyl (C=O) groups is 2. The first kappa shape index (κ1) is 17.0. The Hall–Kier alpha value is -1.06. The molecule has 2 amide bonds. The van der Waals surface area contributed by atoms with Crippen molar-refractivity contribution in [2.45, 2.75) is 78.1 Å². The zero-order valence-corrected chi connectivity index (χ0v) is 13.0. The molecule has 116 valence electrons. The third kappa shape index (κ3) is 6.40. The van der Waals surface area contributed by atoms with Crippen LogP contribution < -0.4 is 10.9 Å². The lowest BCUT2D eigenvalue weighted by atomic mass is 9.79. The fourth-order valence-electron chi connectivity index (χ4n) is 2.84. The lowest BCUT2D eigenvalue weighted by Gasteiger charge is -2.27. The second-order valence-corrected chi connectivity index (χ2v) is 6.00. The second kappa shape index (κ2) is 9.78. The van der Waals surface area contributed by atoms with Crippen LogP contribution in [0.4, 0.5) is 0 Å². The summed E-state index contributed by atoms with van der Waals surface area (Å²) >= 11 is 0. The summed E-state index contributed by atoms with van der Waals surface area (Å²) in [4.78, 5) is 23.4. The van der Waals surface area contributed by atoms with E-state index < -0.39 is 0 Å². The van der Waals surface area contributed by atoms with Gasteiger partial charge in [0, 0.05) is 12.3 Å². The quantitative estimate of drug-likeness (QED) is 0.704. The minimum Gasteiger partial charge on any atom is -0.273 e. The van der Waals surface area contributed by atoms with Gasteiger partial charge in [0.25, 0.3) is 0 Å². The molecule has 4 heteroatoms. The van der Waals surface area contributed by atoms with Crippen molar-refractivity contribution in [2.75, 3.05) is 0 Å². The molecule has 0 aromatic heterocycles. The third-order valence-corrected chi connectivity index (χ3v) is 4.27. The Morgan fingerprint density at radius 1 is 0.950 bits per heavy atom. The molecule has 1 fully saturated rings. The van der Waals surface area contributed by atoms with Crippen molar-refractivity contribution in [3.8, 4) is 0 Å². The third-order valence-electron chi connectivity index (χ3n) is 4.27. The normalized spacial score (nSPS) is 22.3. The number of rotatable bonds is 7. The fraction of sp³-hybridized carbons (Fsp3) is 0.875. The largest absolute Gasteiger partial charge is 0.273 e. The topological polar surface area (TPSA) is 58.2 Å². The summed E-state index contributed by atoms with van der Waals surface area (Å²) in [5, 5.41) is 0. The standard InChI is InChI=1S/C16H30N2O2/c1-3-5-7-13-9-11-14(12-10-13)16(20)18-17-15(19)8-6-4-2/h13-14H,3-12H2,1-2H3,(H,17,19)(H,18,20). The summed E-state index contributed by atoms with van der Waals surface area (Å²) in [6.07, 6.45) is 10.4. The van der Waals surface area contributed by atoms with Gasteiger partial charge < -0.3 is 0 Å². The fourth-order valence-corrected chi connectivity index (χ4v) is 2.84. The number of amides is 2. The molecular formula is C16H30N2O2. The summed E-state index contributed by atoms with van der Waals surface area (Å²) in [7, 11) is 0. The maximum absolute atomic E-state index is 12.0. The number of carbonyl (C=O) groups excluding carboxylic acids is 2. The SMILES string of the molecule is CCCCC(=O)NNC(=O)C1CCC(CCCC)CC1. The van der Waals surface area contributed by atoms with Gasteiger partial charge in [-0.2, -0.15) is 0 Å². The average molecular weight is 282 g/mol. The number of hydrogen-bond donors (Lipinski definition) is 2. The number of nitrogens with one attached hydrogen (secondary N) is 2. The van der Waals surface area contributed by atoms with Gasteiger partial charge in [0.15, 0.2) is 0 Å². The molecule has 0 unspecified atom stereocenters. The van der Waals surface area contributed by atoms with Gasteiger partial charge in [0.05, 0.1) is 0 Å². The van der Waals surface area contributed by atoms with Crippen molar-refractivity contribution < 1.29 is 9.59 Å². The molecule has 2 N–H and O–H groups in total. The van der Waals surface area contributed by atoms with Crippen LogP contribution in [0.15, 0.2) is 0 Å². The minimum atomic E-state index is -0.0863. The first-order valence-corrected chi connectivity index (χ1v) is 8.26. The molecule has 0 aromatic carbocycles. The van der Waals surface area contributed by atoms with Crippen LogP contribution in [0.25, 0.3) is 0 Å². The van der Waals surface area contributed by atoms with E-state index in [-0.39, 0.29) is 17.7 Å². The van der Waals surface area contributed by atoms with Crippen molar-refractivity contribution in [2.24, 2.45) is 11.8 Å². The molecule has 0 bridgehead atoms. The van der Waals surface area contributed by atoms with Crippen molar-refractivity contribution >= 4 is 11.8 Å². The molecule has 20 heavy (non-hydrogen) atoms. The van der Waals surface area contributed by atoms with Crippen LogP contribution in [0, 0.1) is 11.8 Å². The maximum Gasteiger partial charge on any atom is 0.241 e. The Morgan fingerprint density at radius 3 is 2.20 bits per heavy atom. The van der Waals surface area contributed by atoms with E-state index in [1.807, 2.05) is 6.92 Å². The van der Waals surface area contributed by atoms with E-state index in [0.717, 1.165) is 44.4 Å². The monoisotopic (exact) mass is 282 g/mol. The Bertz CT molecular complexity index is 297. The van der Waals surface area contributed by atoms with Gasteiger partial charge in [-0.15, -0.1) is 0 Å². The highest BCUT2D eigenvalue weighted by molar-refractivity contribution is 5.83. The molecule has 1 rings (SSSR count). The van der Waals surface area contributed by atoms with Crippen LogP contribution in [-0.2, 0) is 9.59 Å². The van der Waals surface area contributed by atoms with Crippen molar-refractivity contribution in [1.29, 1.82) is 0 Å². The number of unbranched alkanes of at least 4 members (excludes halogenated alkanes) is 2. The van der Waals surface area contributed by atoms with Crippen molar-refractivity contribution in [3.63, 3.8) is 0 Å². The molecule has 0 spiro atoms. The van der Waals surface area contributed by atoms with Crippen LogP contribution in [0.1, 0.15) is 78.1 Å². The van der Waals surface area contributed by atoms with E-state index in [0.29, 0.717) is 6.42 Å². The van der Waals surface area contributed by atoms with E-state index >= 15 is 0 Å². The van der Waals surface area contributed by atoms with Crippen LogP contribution in [-0.4, -0.2) is 11.8 Å². The summed E-state index contributed by atoms with van der Waals surface area (Å²) < 4.78 is 0. The van der Waals surface area contributed by atoms with Gasteiger partial charge in [-0.05, 0) is 38.0 Å². The summed E-state index contributed by atoms with van der Waals surface area (Å²) in [5.41, 5.74) is 5.10. The molecular weight excluding hydrogens is 252 g/mol. The summed E-state index contributed by atoms with van der Waals surface area (Å²) in [5.74, 6) is 0.790. The highest BCUT2D eigenvalue weighted by atomic mass is 16.2. The van der Waals surface area contributed by atoms with E-state index in [2.05, 4.69) is 17.8 Å². The van der Waals surface area contributed by atoms with E-state index in [1.54, 1.807) is 0 Å². The van der Waals surface area contributed by atoms with Gasteiger partial charge in [-0.1, -0.05) is 39.5 Å². The van der Waals surface area contributed by atoms with E-state index in [4.69, 9.17) is 0 Å². The van der Waals surface area contributed by atoms with Gasteiger partial charge in [0.1, 0.15) is 0 Å². The minimum absolute atomic E-state index is 0.0104. The second-order valence-electron chi connectivity index (χ2n) is 6.00. The van der Waals surface area contributed by atoms with E-state index in [9.17, 15) is 9.59 Å². The van der Waals surface area contributed by atoms with Gasteiger partial charge >= 0.3 is 0 Å². The average Bonchev–Trinajstić information content (AvgIpc) is 2.49. The Balaban J connectivity index is 2.17.